The van der Waals surface area contributed by atoms with Crippen molar-refractivity contribution in [3.05, 3.63) is 24.2 Å². The van der Waals surface area contributed by atoms with Crippen molar-refractivity contribution in [2.45, 2.75) is 6.18 Å². The predicted octanol–water partition coefficient (Wildman–Crippen LogP) is -0.572. The number of nitrogens with zero attached hydrogens (tertiary/aromatic N) is 3. The molecule has 0 aliphatic carbocycles. The Morgan fingerprint density at radius 3 is 2.44 bits per heavy atom. The van der Waals surface area contributed by atoms with Crippen LogP contribution in [0.4, 0.5) is 13.2 Å². The molecule has 0 aliphatic heterocycles. The van der Waals surface area contributed by atoms with Crippen LogP contribution in [0.2, 0.25) is 0 Å². The highest BCUT2D eigenvalue weighted by Crippen LogP contribution is 2.27. The van der Waals surface area contributed by atoms with E-state index in [4.69, 9.17) is 10.0 Å². The van der Waals surface area contributed by atoms with Crippen LogP contribution in [0.15, 0.2) is 18.3 Å². The van der Waals surface area contributed by atoms with E-state index in [0.717, 1.165) is 6.20 Å². The highest BCUT2D eigenvalue weighted by molar-refractivity contribution is 6.58. The lowest BCUT2D eigenvalue weighted by atomic mass is 9.82. The second kappa shape index (κ2) is 3.46. The lowest BCUT2D eigenvalue weighted by Crippen LogP contribution is -2.30. The molecule has 2 aromatic heterocycles. The molecule has 0 unspecified atom stereocenters. The fourth-order valence-electron chi connectivity index (χ4n) is 1.25. The van der Waals surface area contributed by atoms with Crippen LogP contribution in [0.5, 0.6) is 0 Å². The number of halogens is 3. The standard InChI is InChI=1S/C7H5BF3N3O2/c9-7(10,11)6-13-12-5-2-1-4(8(15)16)3-14(5)6/h1-3,15-16H. The first kappa shape index (κ1) is 10.9. The lowest BCUT2D eigenvalue weighted by molar-refractivity contribution is -0.145. The normalized spacial score (nSPS) is 12.1. The van der Waals surface area contributed by atoms with Gasteiger partial charge in [0.15, 0.2) is 5.65 Å². The molecule has 0 spiro atoms. The van der Waals surface area contributed by atoms with Crippen LogP contribution in [-0.2, 0) is 6.18 Å². The largest absolute Gasteiger partial charge is 0.489 e. The summed E-state index contributed by atoms with van der Waals surface area (Å²) >= 11 is 0. The summed E-state index contributed by atoms with van der Waals surface area (Å²) in [4.78, 5) is 0. The van der Waals surface area contributed by atoms with E-state index < -0.39 is 19.1 Å². The highest BCUT2D eigenvalue weighted by Gasteiger charge is 2.37. The van der Waals surface area contributed by atoms with E-state index in [9.17, 15) is 13.2 Å². The van der Waals surface area contributed by atoms with Crippen molar-refractivity contribution in [2.75, 3.05) is 0 Å². The molecule has 2 heterocycles. The maximum atomic E-state index is 12.4. The molecule has 0 saturated carbocycles. The number of aromatic nitrogens is 3. The van der Waals surface area contributed by atoms with Crippen LogP contribution in [0.1, 0.15) is 5.82 Å². The molecule has 0 aliphatic rings. The zero-order chi connectivity index (χ0) is 11.9. The number of hydrogen-bond donors (Lipinski definition) is 2. The average molecular weight is 231 g/mol. The van der Waals surface area contributed by atoms with Crippen molar-refractivity contribution in [2.24, 2.45) is 0 Å². The van der Waals surface area contributed by atoms with Crippen LogP contribution >= 0.6 is 0 Å². The van der Waals surface area contributed by atoms with Gasteiger partial charge in [-0.25, -0.2) is 0 Å². The summed E-state index contributed by atoms with van der Waals surface area (Å²) in [5.41, 5.74) is -0.0884. The molecule has 2 rings (SSSR count). The van der Waals surface area contributed by atoms with Gasteiger partial charge in [0.2, 0.25) is 5.82 Å². The fourth-order valence-corrected chi connectivity index (χ4v) is 1.25. The van der Waals surface area contributed by atoms with E-state index in [1.165, 1.54) is 12.1 Å². The summed E-state index contributed by atoms with van der Waals surface area (Å²) in [6, 6.07) is 2.48. The minimum atomic E-state index is -4.64. The Labute approximate surface area is 87.3 Å². The van der Waals surface area contributed by atoms with Crippen molar-refractivity contribution in [1.82, 2.24) is 14.6 Å². The zero-order valence-corrected chi connectivity index (χ0v) is 7.68. The van der Waals surface area contributed by atoms with E-state index in [2.05, 4.69) is 10.2 Å². The van der Waals surface area contributed by atoms with Gasteiger partial charge in [0.25, 0.3) is 0 Å². The SMILES string of the molecule is OB(O)c1ccc2nnc(C(F)(F)F)n2c1. The van der Waals surface area contributed by atoms with Crippen LogP contribution in [0, 0.1) is 0 Å². The minimum absolute atomic E-state index is 0.0169. The maximum Gasteiger partial charge on any atom is 0.489 e. The smallest absolute Gasteiger partial charge is 0.423 e. The monoisotopic (exact) mass is 231 g/mol. The van der Waals surface area contributed by atoms with Crippen molar-refractivity contribution in [3.63, 3.8) is 0 Å². The van der Waals surface area contributed by atoms with Gasteiger partial charge in [0.1, 0.15) is 0 Å². The first-order chi connectivity index (χ1) is 7.39. The molecule has 5 nitrogen and oxygen atoms in total. The average Bonchev–Trinajstić information content (AvgIpc) is 2.58. The van der Waals surface area contributed by atoms with Gasteiger partial charge in [-0.3, -0.25) is 4.40 Å². The Morgan fingerprint density at radius 2 is 1.88 bits per heavy atom. The lowest BCUT2D eigenvalue weighted by Gasteiger charge is -2.05. The van der Waals surface area contributed by atoms with Gasteiger partial charge in [-0.15, -0.1) is 10.2 Å². The summed E-state index contributed by atoms with van der Waals surface area (Å²) in [5, 5.41) is 24.0. The number of rotatable bonds is 1. The van der Waals surface area contributed by atoms with Crippen LogP contribution in [-0.4, -0.2) is 31.8 Å². The number of fused-ring (bicyclic) bond motifs is 1. The molecule has 16 heavy (non-hydrogen) atoms. The molecule has 84 valence electrons. The molecule has 9 heteroatoms. The molecule has 0 bridgehead atoms. The van der Waals surface area contributed by atoms with E-state index in [1.807, 2.05) is 0 Å². The molecule has 0 saturated heterocycles. The second-order valence-corrected chi connectivity index (χ2v) is 3.09. The Balaban J connectivity index is 2.65. The minimum Gasteiger partial charge on any atom is -0.423 e. The third-order valence-corrected chi connectivity index (χ3v) is 1.98. The van der Waals surface area contributed by atoms with Crippen LogP contribution < -0.4 is 5.46 Å². The molecule has 0 amide bonds. The predicted molar refractivity (Wildman–Crippen MR) is 47.8 cm³/mol. The molecule has 0 fully saturated rings. The fraction of sp³-hybridized carbons (Fsp3) is 0.143. The number of alkyl halides is 3. The molecular weight excluding hydrogens is 226 g/mol. The first-order valence-electron chi connectivity index (χ1n) is 4.17. The Bertz CT molecular complexity index is 525. The number of pyridine rings is 1. The molecule has 2 aromatic rings. The quantitative estimate of drug-likeness (QED) is 0.644. The van der Waals surface area contributed by atoms with Gasteiger partial charge in [0.05, 0.1) is 0 Å². The van der Waals surface area contributed by atoms with Gasteiger partial charge < -0.3 is 10.0 Å². The van der Waals surface area contributed by atoms with E-state index in [0.29, 0.717) is 4.40 Å². The highest BCUT2D eigenvalue weighted by atomic mass is 19.4. The first-order valence-corrected chi connectivity index (χ1v) is 4.17. The molecule has 0 atom stereocenters. The van der Waals surface area contributed by atoms with Crippen molar-refractivity contribution < 1.29 is 23.2 Å². The number of hydrogen-bond acceptors (Lipinski definition) is 4. The van der Waals surface area contributed by atoms with Crippen LogP contribution in [0.25, 0.3) is 5.65 Å². The van der Waals surface area contributed by atoms with Crippen molar-refractivity contribution in [1.29, 1.82) is 0 Å². The van der Waals surface area contributed by atoms with Gasteiger partial charge in [-0.1, -0.05) is 6.07 Å². The summed E-state index contributed by atoms with van der Waals surface area (Å²) in [6.07, 6.45) is -3.71. The summed E-state index contributed by atoms with van der Waals surface area (Å²) in [6.45, 7) is 0. The Kier molecular flexibility index (Phi) is 2.36. The topological polar surface area (TPSA) is 70.7 Å². The Morgan fingerprint density at radius 1 is 1.19 bits per heavy atom. The van der Waals surface area contributed by atoms with Gasteiger partial charge in [-0.05, 0) is 11.5 Å². The Hall–Kier alpha value is -1.61. The molecule has 0 aromatic carbocycles. The zero-order valence-electron chi connectivity index (χ0n) is 7.68. The maximum absolute atomic E-state index is 12.4. The van der Waals surface area contributed by atoms with E-state index >= 15 is 0 Å². The molecular formula is C7H5BF3N3O2. The van der Waals surface area contributed by atoms with Gasteiger partial charge in [0, 0.05) is 6.20 Å². The summed E-state index contributed by atoms with van der Waals surface area (Å²) < 4.78 is 38.0. The summed E-state index contributed by atoms with van der Waals surface area (Å²) in [5.74, 6) is -1.20. The van der Waals surface area contributed by atoms with Crippen LogP contribution in [0.3, 0.4) is 0 Å². The van der Waals surface area contributed by atoms with Gasteiger partial charge in [-0.2, -0.15) is 13.2 Å². The van der Waals surface area contributed by atoms with Crippen molar-refractivity contribution in [3.8, 4) is 0 Å². The molecule has 2 N–H and O–H groups in total. The second-order valence-electron chi connectivity index (χ2n) is 3.09. The van der Waals surface area contributed by atoms with Gasteiger partial charge >= 0.3 is 13.3 Å². The van der Waals surface area contributed by atoms with E-state index in [1.54, 1.807) is 0 Å². The van der Waals surface area contributed by atoms with Crippen molar-refractivity contribution >= 4 is 18.2 Å². The summed E-state index contributed by atoms with van der Waals surface area (Å²) in [7, 11) is -1.84. The third kappa shape index (κ3) is 1.74. The third-order valence-electron chi connectivity index (χ3n) is 1.98. The molecule has 0 radical (unpaired) electrons. The van der Waals surface area contributed by atoms with E-state index in [-0.39, 0.29) is 11.1 Å².